The number of amides is 1. The van der Waals surface area contributed by atoms with Crippen molar-refractivity contribution in [3.63, 3.8) is 0 Å². The topological polar surface area (TPSA) is 29.1 Å². The van der Waals surface area contributed by atoms with E-state index in [2.05, 4.69) is 34.8 Å². The summed E-state index contributed by atoms with van der Waals surface area (Å²) in [6, 6.07) is 1.93. The Morgan fingerprint density at radius 3 is 2.87 bits per heavy atom. The summed E-state index contributed by atoms with van der Waals surface area (Å²) in [6.07, 6.45) is 3.80. The molecule has 15 heavy (non-hydrogen) atoms. The molecule has 1 aromatic heterocycles. The zero-order chi connectivity index (χ0) is 10.9. The minimum atomic E-state index is 0.0716. The highest BCUT2D eigenvalue weighted by Crippen LogP contribution is 2.39. The minimum Gasteiger partial charge on any atom is -0.351 e. The lowest BCUT2D eigenvalue weighted by Gasteiger charge is -2.38. The Morgan fingerprint density at radius 1 is 1.67 bits per heavy atom. The van der Waals surface area contributed by atoms with Crippen LogP contribution in [0.2, 0.25) is 0 Å². The second-order valence-corrected chi connectivity index (χ2v) is 7.29. The van der Waals surface area contributed by atoms with Gasteiger partial charge in [-0.1, -0.05) is 13.3 Å². The van der Waals surface area contributed by atoms with Crippen LogP contribution >= 0.6 is 33.9 Å². The lowest BCUT2D eigenvalue weighted by atomic mass is 9.70. The molecule has 1 N–H and O–H groups in total. The number of hydrogen-bond donors (Lipinski definition) is 1. The van der Waals surface area contributed by atoms with Crippen LogP contribution in [-0.2, 0) is 0 Å². The molecule has 0 unspecified atom stereocenters. The van der Waals surface area contributed by atoms with Crippen molar-refractivity contribution in [2.24, 2.45) is 5.41 Å². The first kappa shape index (κ1) is 11.4. The van der Waals surface area contributed by atoms with Gasteiger partial charge >= 0.3 is 0 Å². The molecular formula is C11H14INOS. The third-order valence-electron chi connectivity index (χ3n) is 3.07. The molecule has 1 aliphatic carbocycles. The lowest BCUT2D eigenvalue weighted by molar-refractivity contribution is 0.0891. The molecule has 1 amide bonds. The molecule has 4 heteroatoms. The second-order valence-electron chi connectivity index (χ2n) is 4.49. The molecule has 0 radical (unpaired) electrons. The van der Waals surface area contributed by atoms with E-state index in [0.29, 0.717) is 5.41 Å². The molecule has 82 valence electrons. The summed E-state index contributed by atoms with van der Waals surface area (Å²) < 4.78 is 1.16. The van der Waals surface area contributed by atoms with Gasteiger partial charge in [-0.15, -0.1) is 11.3 Å². The average Bonchev–Trinajstić information content (AvgIpc) is 2.58. The average molecular weight is 335 g/mol. The van der Waals surface area contributed by atoms with Gasteiger partial charge in [-0.25, -0.2) is 0 Å². The van der Waals surface area contributed by atoms with Gasteiger partial charge in [0.25, 0.3) is 5.91 Å². The summed E-state index contributed by atoms with van der Waals surface area (Å²) in [4.78, 5) is 11.7. The summed E-state index contributed by atoms with van der Waals surface area (Å²) in [5.74, 6) is 0.0716. The highest BCUT2D eigenvalue weighted by molar-refractivity contribution is 14.1. The Hall–Kier alpha value is -0.100. The molecule has 0 atom stereocenters. The van der Waals surface area contributed by atoms with E-state index in [-0.39, 0.29) is 5.91 Å². The van der Waals surface area contributed by atoms with Crippen LogP contribution in [0.1, 0.15) is 36.5 Å². The molecular weight excluding hydrogens is 321 g/mol. The predicted molar refractivity (Wildman–Crippen MR) is 71.3 cm³/mol. The number of carbonyl (C=O) groups is 1. The molecule has 1 fully saturated rings. The Labute approximate surface area is 108 Å². The van der Waals surface area contributed by atoms with Crippen LogP contribution < -0.4 is 5.32 Å². The van der Waals surface area contributed by atoms with Gasteiger partial charge in [-0.3, -0.25) is 4.79 Å². The largest absolute Gasteiger partial charge is 0.351 e. The molecule has 1 saturated carbocycles. The van der Waals surface area contributed by atoms with Crippen molar-refractivity contribution in [3.05, 3.63) is 19.9 Å². The quantitative estimate of drug-likeness (QED) is 0.844. The van der Waals surface area contributed by atoms with E-state index in [1.807, 2.05) is 11.4 Å². The fourth-order valence-corrected chi connectivity index (χ4v) is 3.11. The smallest absolute Gasteiger partial charge is 0.252 e. The van der Waals surface area contributed by atoms with E-state index < -0.39 is 0 Å². The molecule has 1 aliphatic rings. The Morgan fingerprint density at radius 2 is 2.40 bits per heavy atom. The first-order valence-electron chi connectivity index (χ1n) is 5.11. The normalized spacial score (nSPS) is 18.3. The highest BCUT2D eigenvalue weighted by atomic mass is 127. The zero-order valence-corrected chi connectivity index (χ0v) is 11.7. The van der Waals surface area contributed by atoms with Crippen molar-refractivity contribution in [3.8, 4) is 0 Å². The zero-order valence-electron chi connectivity index (χ0n) is 8.68. The van der Waals surface area contributed by atoms with Crippen LogP contribution in [-0.4, -0.2) is 12.5 Å². The van der Waals surface area contributed by atoms with Crippen LogP contribution in [0.25, 0.3) is 0 Å². The molecule has 0 saturated heterocycles. The van der Waals surface area contributed by atoms with Gasteiger partial charge in [0.1, 0.15) is 0 Å². The molecule has 1 aromatic rings. The Bertz CT molecular complexity index is 370. The minimum absolute atomic E-state index is 0.0716. The van der Waals surface area contributed by atoms with E-state index in [0.717, 1.165) is 15.0 Å². The number of rotatable bonds is 3. The van der Waals surface area contributed by atoms with Gasteiger partial charge < -0.3 is 5.32 Å². The van der Waals surface area contributed by atoms with Gasteiger partial charge in [0.05, 0.1) is 8.45 Å². The third-order valence-corrected chi connectivity index (χ3v) is 4.86. The van der Waals surface area contributed by atoms with Gasteiger partial charge in [-0.05, 0) is 46.9 Å². The van der Waals surface area contributed by atoms with Crippen LogP contribution in [0.4, 0.5) is 0 Å². The van der Waals surface area contributed by atoms with Crippen LogP contribution in [0.15, 0.2) is 11.4 Å². The summed E-state index contributed by atoms with van der Waals surface area (Å²) in [7, 11) is 0. The summed E-state index contributed by atoms with van der Waals surface area (Å²) in [6.45, 7) is 3.06. The van der Waals surface area contributed by atoms with E-state index in [9.17, 15) is 4.79 Å². The maximum absolute atomic E-state index is 11.7. The SMILES string of the molecule is CC1(CNC(=O)c2csc(I)c2)CCC1. The molecule has 0 spiro atoms. The van der Waals surface area contributed by atoms with E-state index in [1.165, 1.54) is 19.3 Å². The Kier molecular flexibility index (Phi) is 3.35. The van der Waals surface area contributed by atoms with Gasteiger partial charge in [0.2, 0.25) is 0 Å². The van der Waals surface area contributed by atoms with Gasteiger partial charge in [0.15, 0.2) is 0 Å². The van der Waals surface area contributed by atoms with Crippen LogP contribution in [0.3, 0.4) is 0 Å². The number of thiophene rings is 1. The number of nitrogens with one attached hydrogen (secondary N) is 1. The van der Waals surface area contributed by atoms with Crippen LogP contribution in [0, 0.1) is 8.30 Å². The van der Waals surface area contributed by atoms with Crippen molar-refractivity contribution in [2.45, 2.75) is 26.2 Å². The van der Waals surface area contributed by atoms with Crippen molar-refractivity contribution in [1.82, 2.24) is 5.32 Å². The van der Waals surface area contributed by atoms with E-state index >= 15 is 0 Å². The van der Waals surface area contributed by atoms with E-state index in [1.54, 1.807) is 11.3 Å². The maximum Gasteiger partial charge on any atom is 0.252 e. The van der Waals surface area contributed by atoms with Crippen molar-refractivity contribution < 1.29 is 4.79 Å². The lowest BCUT2D eigenvalue weighted by Crippen LogP contribution is -2.39. The number of carbonyl (C=O) groups excluding carboxylic acids is 1. The predicted octanol–water partition coefficient (Wildman–Crippen LogP) is 3.27. The van der Waals surface area contributed by atoms with Gasteiger partial charge in [0, 0.05) is 11.9 Å². The van der Waals surface area contributed by atoms with Gasteiger partial charge in [-0.2, -0.15) is 0 Å². The molecule has 2 nitrogen and oxygen atoms in total. The molecule has 0 aliphatic heterocycles. The third kappa shape index (κ3) is 2.72. The maximum atomic E-state index is 11.7. The number of halogens is 1. The Balaban J connectivity index is 1.87. The van der Waals surface area contributed by atoms with E-state index in [4.69, 9.17) is 0 Å². The van der Waals surface area contributed by atoms with Crippen molar-refractivity contribution in [2.75, 3.05) is 6.54 Å². The second kappa shape index (κ2) is 4.41. The molecule has 0 aromatic carbocycles. The fraction of sp³-hybridized carbons (Fsp3) is 0.545. The summed E-state index contributed by atoms with van der Waals surface area (Å²) >= 11 is 3.85. The summed E-state index contributed by atoms with van der Waals surface area (Å²) in [5, 5.41) is 4.94. The first-order valence-corrected chi connectivity index (χ1v) is 7.07. The van der Waals surface area contributed by atoms with Crippen molar-refractivity contribution in [1.29, 1.82) is 0 Å². The monoisotopic (exact) mass is 335 g/mol. The van der Waals surface area contributed by atoms with Crippen molar-refractivity contribution >= 4 is 39.8 Å². The molecule has 2 rings (SSSR count). The molecule has 0 bridgehead atoms. The van der Waals surface area contributed by atoms with Crippen LogP contribution in [0.5, 0.6) is 0 Å². The first-order chi connectivity index (χ1) is 7.09. The molecule has 1 heterocycles. The fourth-order valence-electron chi connectivity index (χ4n) is 1.78. The standard InChI is InChI=1S/C11H14INOS/c1-11(3-2-4-11)7-13-10(14)8-5-9(12)15-6-8/h5-6H,2-4,7H2,1H3,(H,13,14). The number of hydrogen-bond acceptors (Lipinski definition) is 2. The highest BCUT2D eigenvalue weighted by Gasteiger charge is 2.31. The summed E-state index contributed by atoms with van der Waals surface area (Å²) in [5.41, 5.74) is 1.16.